The van der Waals surface area contributed by atoms with Gasteiger partial charge in [-0.25, -0.2) is 14.8 Å². The third-order valence-corrected chi connectivity index (χ3v) is 3.72. The number of benzene rings is 1. The monoisotopic (exact) mass is 371 g/mol. The molecule has 2 N–H and O–H groups in total. The van der Waals surface area contributed by atoms with Crippen molar-refractivity contribution in [3.8, 4) is 0 Å². The van der Waals surface area contributed by atoms with Gasteiger partial charge in [0, 0.05) is 17.9 Å². The van der Waals surface area contributed by atoms with E-state index in [9.17, 15) is 9.59 Å². The maximum atomic E-state index is 12.3. The summed E-state index contributed by atoms with van der Waals surface area (Å²) in [6.45, 7) is 3.28. The fraction of sp³-hybridized carbons (Fsp3) is 0.368. The number of nitrogens with zero attached hydrogens (tertiary/aromatic N) is 3. The maximum Gasteiger partial charge on any atom is 0.337 e. The molecule has 2 aromatic rings. The summed E-state index contributed by atoms with van der Waals surface area (Å²) in [6.07, 6.45) is 0.862. The molecule has 1 amide bonds. The van der Waals surface area contributed by atoms with Gasteiger partial charge >= 0.3 is 5.97 Å². The first-order valence-corrected chi connectivity index (χ1v) is 8.63. The molecule has 8 nitrogen and oxygen atoms in total. The Morgan fingerprint density at radius 1 is 1.15 bits per heavy atom. The number of hydrogen-bond donors (Lipinski definition) is 2. The van der Waals surface area contributed by atoms with Gasteiger partial charge in [-0.2, -0.15) is 0 Å². The van der Waals surface area contributed by atoms with Crippen LogP contribution in [0.2, 0.25) is 0 Å². The first-order valence-electron chi connectivity index (χ1n) is 8.63. The van der Waals surface area contributed by atoms with Crippen molar-refractivity contribution in [1.82, 2.24) is 20.2 Å². The van der Waals surface area contributed by atoms with Crippen LogP contribution in [-0.2, 0) is 4.74 Å². The largest absolute Gasteiger partial charge is 0.465 e. The van der Waals surface area contributed by atoms with Crippen molar-refractivity contribution in [3.63, 3.8) is 0 Å². The highest BCUT2D eigenvalue weighted by atomic mass is 16.5. The van der Waals surface area contributed by atoms with E-state index in [1.54, 1.807) is 37.3 Å². The third-order valence-electron chi connectivity index (χ3n) is 3.72. The van der Waals surface area contributed by atoms with Crippen LogP contribution in [0.25, 0.3) is 0 Å². The Kier molecular flexibility index (Phi) is 7.25. The second-order valence-corrected chi connectivity index (χ2v) is 6.32. The molecule has 0 saturated carbocycles. The normalized spacial score (nSPS) is 10.6. The molecule has 1 heterocycles. The molecule has 0 radical (unpaired) electrons. The SMILES string of the molecule is COC(=O)c1ccc(Nc2nc(C)cc(C(=O)NCCCN(C)C)n2)cc1. The van der Waals surface area contributed by atoms with Crippen LogP contribution in [0.5, 0.6) is 0 Å². The summed E-state index contributed by atoms with van der Waals surface area (Å²) in [7, 11) is 5.32. The van der Waals surface area contributed by atoms with Gasteiger partial charge < -0.3 is 20.3 Å². The Morgan fingerprint density at radius 3 is 2.48 bits per heavy atom. The van der Waals surface area contributed by atoms with Crippen LogP contribution >= 0.6 is 0 Å². The van der Waals surface area contributed by atoms with Crippen LogP contribution in [0.4, 0.5) is 11.6 Å². The summed E-state index contributed by atoms with van der Waals surface area (Å²) < 4.78 is 4.67. The molecule has 0 atom stereocenters. The van der Waals surface area contributed by atoms with E-state index in [2.05, 4.69) is 30.2 Å². The number of anilines is 2. The highest BCUT2D eigenvalue weighted by molar-refractivity contribution is 5.92. The lowest BCUT2D eigenvalue weighted by molar-refractivity contribution is 0.0600. The van der Waals surface area contributed by atoms with Gasteiger partial charge in [0.1, 0.15) is 5.69 Å². The first kappa shape index (κ1) is 20.3. The van der Waals surface area contributed by atoms with Crippen molar-refractivity contribution >= 4 is 23.5 Å². The molecular formula is C19H25N5O3. The average Bonchev–Trinajstić information content (AvgIpc) is 2.64. The summed E-state index contributed by atoms with van der Waals surface area (Å²) in [5, 5.41) is 5.91. The Bertz CT molecular complexity index is 790. The van der Waals surface area contributed by atoms with E-state index in [1.165, 1.54) is 7.11 Å². The van der Waals surface area contributed by atoms with Gasteiger partial charge in [0.25, 0.3) is 5.91 Å². The fourth-order valence-corrected chi connectivity index (χ4v) is 2.37. The zero-order valence-corrected chi connectivity index (χ0v) is 16.1. The number of nitrogens with one attached hydrogen (secondary N) is 2. The Morgan fingerprint density at radius 2 is 1.85 bits per heavy atom. The standard InChI is InChI=1S/C19H25N5O3/c1-13-12-16(17(25)20-10-5-11-24(2)3)23-19(21-13)22-15-8-6-14(7-9-15)18(26)27-4/h6-9,12H,5,10-11H2,1-4H3,(H,20,25)(H,21,22,23). The van der Waals surface area contributed by atoms with Crippen LogP contribution in [0.1, 0.15) is 33.0 Å². The summed E-state index contributed by atoms with van der Waals surface area (Å²) in [5.74, 6) is -0.316. The number of carbonyl (C=O) groups is 2. The number of esters is 1. The molecule has 8 heteroatoms. The highest BCUT2D eigenvalue weighted by Crippen LogP contribution is 2.15. The van der Waals surface area contributed by atoms with Gasteiger partial charge in [-0.15, -0.1) is 0 Å². The van der Waals surface area contributed by atoms with E-state index in [0.717, 1.165) is 13.0 Å². The summed E-state index contributed by atoms with van der Waals surface area (Å²) in [4.78, 5) is 34.4. The van der Waals surface area contributed by atoms with Gasteiger partial charge in [0.2, 0.25) is 5.95 Å². The van der Waals surface area contributed by atoms with E-state index < -0.39 is 5.97 Å². The van der Waals surface area contributed by atoms with E-state index in [1.807, 2.05) is 14.1 Å². The molecule has 27 heavy (non-hydrogen) atoms. The van der Waals surface area contributed by atoms with Gasteiger partial charge in [-0.05, 0) is 64.3 Å². The Labute approximate surface area is 159 Å². The van der Waals surface area contributed by atoms with Gasteiger partial charge in [-0.1, -0.05) is 0 Å². The number of methoxy groups -OCH3 is 1. The Hall–Kier alpha value is -3.00. The van der Waals surface area contributed by atoms with Gasteiger partial charge in [0.15, 0.2) is 0 Å². The molecule has 0 aliphatic heterocycles. The minimum atomic E-state index is -0.401. The van der Waals surface area contributed by atoms with Crippen molar-refractivity contribution in [2.75, 3.05) is 39.6 Å². The smallest absolute Gasteiger partial charge is 0.337 e. The van der Waals surface area contributed by atoms with Crippen LogP contribution in [0.3, 0.4) is 0 Å². The lowest BCUT2D eigenvalue weighted by Gasteiger charge is -2.11. The number of aromatic nitrogens is 2. The number of amides is 1. The van der Waals surface area contributed by atoms with Crippen LogP contribution in [0.15, 0.2) is 30.3 Å². The second-order valence-electron chi connectivity index (χ2n) is 6.32. The third kappa shape index (κ3) is 6.34. The zero-order valence-electron chi connectivity index (χ0n) is 16.1. The van der Waals surface area contributed by atoms with Crippen molar-refractivity contribution in [1.29, 1.82) is 0 Å². The molecule has 0 aliphatic rings. The van der Waals surface area contributed by atoms with E-state index in [4.69, 9.17) is 0 Å². The Balaban J connectivity index is 2.03. The number of aryl methyl sites for hydroxylation is 1. The number of carbonyl (C=O) groups excluding carboxylic acids is 2. The minimum Gasteiger partial charge on any atom is -0.465 e. The van der Waals surface area contributed by atoms with Gasteiger partial charge in [0.05, 0.1) is 12.7 Å². The van der Waals surface area contributed by atoms with Crippen molar-refractivity contribution in [2.45, 2.75) is 13.3 Å². The molecular weight excluding hydrogens is 346 g/mol. The first-order chi connectivity index (χ1) is 12.9. The second kappa shape index (κ2) is 9.63. The predicted molar refractivity (Wildman–Crippen MR) is 103 cm³/mol. The summed E-state index contributed by atoms with van der Waals surface area (Å²) in [5.41, 5.74) is 2.13. The lowest BCUT2D eigenvalue weighted by atomic mass is 10.2. The molecule has 0 aliphatic carbocycles. The maximum absolute atomic E-state index is 12.3. The molecule has 1 aromatic carbocycles. The molecule has 0 unspecified atom stereocenters. The quantitative estimate of drug-likeness (QED) is 0.541. The van der Waals surface area contributed by atoms with Gasteiger partial charge in [-0.3, -0.25) is 4.79 Å². The average molecular weight is 371 g/mol. The molecule has 144 valence electrons. The van der Waals surface area contributed by atoms with Crippen molar-refractivity contribution in [2.24, 2.45) is 0 Å². The molecule has 2 rings (SSSR count). The number of rotatable bonds is 8. The van der Waals surface area contributed by atoms with Crippen molar-refractivity contribution < 1.29 is 14.3 Å². The topological polar surface area (TPSA) is 96.4 Å². The van der Waals surface area contributed by atoms with E-state index >= 15 is 0 Å². The van der Waals surface area contributed by atoms with Crippen molar-refractivity contribution in [3.05, 3.63) is 47.3 Å². The lowest BCUT2D eigenvalue weighted by Crippen LogP contribution is -2.28. The van der Waals surface area contributed by atoms with E-state index in [-0.39, 0.29) is 5.91 Å². The molecule has 0 fully saturated rings. The predicted octanol–water partition coefficient (Wildman–Crippen LogP) is 2.00. The molecule has 0 saturated heterocycles. The number of hydrogen-bond acceptors (Lipinski definition) is 7. The highest BCUT2D eigenvalue weighted by Gasteiger charge is 2.11. The fourth-order valence-electron chi connectivity index (χ4n) is 2.37. The molecule has 0 spiro atoms. The number of ether oxygens (including phenoxy) is 1. The zero-order chi connectivity index (χ0) is 19.8. The van der Waals surface area contributed by atoms with Crippen LogP contribution < -0.4 is 10.6 Å². The molecule has 0 bridgehead atoms. The van der Waals surface area contributed by atoms with Crippen LogP contribution in [0, 0.1) is 6.92 Å². The minimum absolute atomic E-state index is 0.233. The summed E-state index contributed by atoms with van der Waals surface area (Å²) in [6, 6.07) is 8.37. The summed E-state index contributed by atoms with van der Waals surface area (Å²) >= 11 is 0. The van der Waals surface area contributed by atoms with E-state index in [0.29, 0.717) is 35.1 Å². The molecule has 1 aromatic heterocycles. The van der Waals surface area contributed by atoms with Crippen LogP contribution in [-0.4, -0.2) is 61.0 Å².